The van der Waals surface area contributed by atoms with E-state index in [0.29, 0.717) is 13.0 Å². The minimum Gasteiger partial charge on any atom is -0.493 e. The average Bonchev–Trinajstić information content (AvgIpc) is 2.68. The van der Waals surface area contributed by atoms with E-state index in [1.54, 1.807) is 18.7 Å². The van der Waals surface area contributed by atoms with E-state index >= 15 is 0 Å². The van der Waals surface area contributed by atoms with Crippen LogP contribution in [0.1, 0.15) is 5.82 Å². The highest BCUT2D eigenvalue weighted by Crippen LogP contribution is 2.16. The van der Waals surface area contributed by atoms with E-state index in [-0.39, 0.29) is 0 Å². The lowest BCUT2D eigenvalue weighted by atomic mass is 10.4. The topological polar surface area (TPSA) is 48.7 Å². The summed E-state index contributed by atoms with van der Waals surface area (Å²) in [5.74, 6) is 1.50. The van der Waals surface area contributed by atoms with Crippen LogP contribution in [0.2, 0.25) is 0 Å². The van der Waals surface area contributed by atoms with Gasteiger partial charge in [-0.25, -0.2) is 9.50 Å². The summed E-state index contributed by atoms with van der Waals surface area (Å²) < 4.78 is 11.9. The third-order valence-electron chi connectivity index (χ3n) is 2.12. The van der Waals surface area contributed by atoms with Gasteiger partial charge in [0.25, 0.3) is 0 Å². The monoisotopic (exact) mass is 207 g/mol. The van der Waals surface area contributed by atoms with Gasteiger partial charge in [0.1, 0.15) is 0 Å². The van der Waals surface area contributed by atoms with Crippen LogP contribution in [0.3, 0.4) is 0 Å². The quantitative estimate of drug-likeness (QED) is 0.748. The molecule has 80 valence electrons. The molecule has 0 aromatic carbocycles. The van der Waals surface area contributed by atoms with Crippen molar-refractivity contribution in [3.63, 3.8) is 0 Å². The Morgan fingerprint density at radius 1 is 1.40 bits per heavy atom. The van der Waals surface area contributed by atoms with E-state index in [1.165, 1.54) is 0 Å². The molecule has 0 saturated carbocycles. The number of aromatic nitrogens is 3. The van der Waals surface area contributed by atoms with Gasteiger partial charge in [0.05, 0.1) is 13.7 Å². The summed E-state index contributed by atoms with van der Waals surface area (Å²) in [7, 11) is 3.29. The molecule has 0 spiro atoms. The Labute approximate surface area is 87.6 Å². The molecule has 0 fully saturated rings. The fourth-order valence-electron chi connectivity index (χ4n) is 1.38. The highest BCUT2D eigenvalue weighted by molar-refractivity contribution is 5.52. The Morgan fingerprint density at radius 3 is 3.00 bits per heavy atom. The van der Waals surface area contributed by atoms with Crippen molar-refractivity contribution in [1.82, 2.24) is 14.6 Å². The lowest BCUT2D eigenvalue weighted by molar-refractivity contribution is 0.200. The van der Waals surface area contributed by atoms with Crippen LogP contribution in [0.15, 0.2) is 18.3 Å². The number of methoxy groups -OCH3 is 2. The minimum absolute atomic E-state index is 0.624. The zero-order chi connectivity index (χ0) is 10.7. The number of pyridine rings is 1. The predicted octanol–water partition coefficient (Wildman–Crippen LogP) is 0.927. The molecule has 2 heterocycles. The molecule has 0 unspecified atom stereocenters. The van der Waals surface area contributed by atoms with Crippen LogP contribution < -0.4 is 4.74 Å². The lowest BCUT2D eigenvalue weighted by Crippen LogP contribution is -1.96. The van der Waals surface area contributed by atoms with E-state index < -0.39 is 0 Å². The summed E-state index contributed by atoms with van der Waals surface area (Å²) in [6, 6.07) is 3.74. The molecule has 0 aliphatic rings. The van der Waals surface area contributed by atoms with Crippen LogP contribution in [0.4, 0.5) is 0 Å². The average molecular weight is 207 g/mol. The molecule has 0 N–H and O–H groups in total. The van der Waals surface area contributed by atoms with Gasteiger partial charge in [0, 0.05) is 19.7 Å². The van der Waals surface area contributed by atoms with E-state index in [9.17, 15) is 0 Å². The molecular formula is C10H13N3O2. The number of hydrogen-bond donors (Lipinski definition) is 0. The molecule has 2 aromatic rings. The van der Waals surface area contributed by atoms with Crippen LogP contribution >= 0.6 is 0 Å². The fourth-order valence-corrected chi connectivity index (χ4v) is 1.38. The van der Waals surface area contributed by atoms with Crippen LogP contribution in [-0.4, -0.2) is 35.4 Å². The van der Waals surface area contributed by atoms with Crippen molar-refractivity contribution in [2.75, 3.05) is 20.8 Å². The summed E-state index contributed by atoms with van der Waals surface area (Å²) in [6.45, 7) is 0.624. The van der Waals surface area contributed by atoms with Gasteiger partial charge in [-0.1, -0.05) is 0 Å². The van der Waals surface area contributed by atoms with Crippen LogP contribution in [0.5, 0.6) is 5.75 Å². The van der Waals surface area contributed by atoms with Crippen molar-refractivity contribution in [3.8, 4) is 5.75 Å². The Balaban J connectivity index is 2.37. The van der Waals surface area contributed by atoms with Crippen LogP contribution in [-0.2, 0) is 11.2 Å². The maximum atomic E-state index is 5.19. The molecule has 5 heteroatoms. The van der Waals surface area contributed by atoms with Gasteiger partial charge < -0.3 is 9.47 Å². The molecule has 5 nitrogen and oxygen atoms in total. The summed E-state index contributed by atoms with van der Waals surface area (Å²) in [5, 5.41) is 4.30. The van der Waals surface area contributed by atoms with E-state index in [0.717, 1.165) is 17.2 Å². The summed E-state index contributed by atoms with van der Waals surface area (Å²) in [4.78, 5) is 4.37. The normalized spacial score (nSPS) is 10.8. The zero-order valence-corrected chi connectivity index (χ0v) is 8.80. The first-order valence-electron chi connectivity index (χ1n) is 4.72. The predicted molar refractivity (Wildman–Crippen MR) is 55.1 cm³/mol. The van der Waals surface area contributed by atoms with Gasteiger partial charge >= 0.3 is 0 Å². The number of ether oxygens (including phenoxy) is 2. The minimum atomic E-state index is 0.624. The van der Waals surface area contributed by atoms with Crippen molar-refractivity contribution in [3.05, 3.63) is 24.2 Å². The number of hydrogen-bond acceptors (Lipinski definition) is 4. The van der Waals surface area contributed by atoms with E-state index in [1.807, 2.05) is 18.3 Å². The molecule has 2 aromatic heterocycles. The summed E-state index contributed by atoms with van der Waals surface area (Å²) in [6.07, 6.45) is 2.56. The van der Waals surface area contributed by atoms with Gasteiger partial charge in [-0.15, -0.1) is 0 Å². The third kappa shape index (κ3) is 1.92. The molecule has 0 atom stereocenters. The summed E-state index contributed by atoms with van der Waals surface area (Å²) >= 11 is 0. The largest absolute Gasteiger partial charge is 0.493 e. The van der Waals surface area contributed by atoms with Crippen molar-refractivity contribution in [2.24, 2.45) is 0 Å². The standard InChI is InChI=1S/C10H13N3O2/c1-14-7-5-9-11-10-8(15-2)4-3-6-13(10)12-9/h3-4,6H,5,7H2,1-2H3. The van der Waals surface area contributed by atoms with Gasteiger partial charge in [0.15, 0.2) is 17.2 Å². The Morgan fingerprint density at radius 2 is 2.27 bits per heavy atom. The van der Waals surface area contributed by atoms with Crippen LogP contribution in [0, 0.1) is 0 Å². The van der Waals surface area contributed by atoms with Crippen molar-refractivity contribution < 1.29 is 9.47 Å². The smallest absolute Gasteiger partial charge is 0.198 e. The second kappa shape index (κ2) is 4.27. The van der Waals surface area contributed by atoms with Crippen LogP contribution in [0.25, 0.3) is 5.65 Å². The van der Waals surface area contributed by atoms with Gasteiger partial charge in [-0.05, 0) is 12.1 Å². The molecule has 0 bridgehead atoms. The molecule has 0 aliphatic carbocycles. The van der Waals surface area contributed by atoms with E-state index in [2.05, 4.69) is 10.1 Å². The first-order valence-corrected chi connectivity index (χ1v) is 4.72. The number of rotatable bonds is 4. The second-order valence-electron chi connectivity index (χ2n) is 3.12. The molecular weight excluding hydrogens is 194 g/mol. The second-order valence-corrected chi connectivity index (χ2v) is 3.12. The third-order valence-corrected chi connectivity index (χ3v) is 2.12. The fraction of sp³-hybridized carbons (Fsp3) is 0.400. The Kier molecular flexibility index (Phi) is 2.82. The lowest BCUT2D eigenvalue weighted by Gasteiger charge is -1.98. The molecule has 0 radical (unpaired) electrons. The highest BCUT2D eigenvalue weighted by Gasteiger charge is 2.07. The van der Waals surface area contributed by atoms with Crippen molar-refractivity contribution >= 4 is 5.65 Å². The first kappa shape index (κ1) is 9.92. The van der Waals surface area contributed by atoms with Crippen molar-refractivity contribution in [1.29, 1.82) is 0 Å². The molecule has 2 rings (SSSR count). The van der Waals surface area contributed by atoms with E-state index in [4.69, 9.17) is 9.47 Å². The first-order chi connectivity index (χ1) is 7.35. The van der Waals surface area contributed by atoms with Gasteiger partial charge in [-0.2, -0.15) is 5.10 Å². The summed E-state index contributed by atoms with van der Waals surface area (Å²) in [5.41, 5.74) is 0.742. The molecule has 0 aliphatic heterocycles. The Hall–Kier alpha value is -1.62. The maximum Gasteiger partial charge on any atom is 0.198 e. The molecule has 0 saturated heterocycles. The zero-order valence-electron chi connectivity index (χ0n) is 8.80. The SMILES string of the molecule is COCCc1nc2c(OC)cccn2n1. The molecule has 15 heavy (non-hydrogen) atoms. The van der Waals surface area contributed by atoms with Gasteiger partial charge in [-0.3, -0.25) is 0 Å². The molecule has 0 amide bonds. The Bertz CT molecular complexity index is 453. The van der Waals surface area contributed by atoms with Gasteiger partial charge in [0.2, 0.25) is 0 Å². The highest BCUT2D eigenvalue weighted by atomic mass is 16.5. The number of nitrogens with zero attached hydrogens (tertiary/aromatic N) is 3. The van der Waals surface area contributed by atoms with Crippen molar-refractivity contribution in [2.45, 2.75) is 6.42 Å². The maximum absolute atomic E-state index is 5.19. The number of fused-ring (bicyclic) bond motifs is 1.